The topological polar surface area (TPSA) is 52.6 Å². The van der Waals surface area contributed by atoms with Gasteiger partial charge in [0.15, 0.2) is 0 Å². The van der Waals surface area contributed by atoms with Gasteiger partial charge in [-0.1, -0.05) is 0 Å². The van der Waals surface area contributed by atoms with Gasteiger partial charge in [0.2, 0.25) is 0 Å². The second kappa shape index (κ2) is 4.66. The molecule has 4 rings (SSSR count). The molecule has 0 aromatic heterocycles. The molecule has 0 spiro atoms. The third-order valence-corrected chi connectivity index (χ3v) is 5.09. The van der Waals surface area contributed by atoms with Crippen LogP contribution >= 0.6 is 0 Å². The molecule has 104 valence electrons. The van der Waals surface area contributed by atoms with Crippen LogP contribution < -0.4 is 0 Å². The highest BCUT2D eigenvalue weighted by atomic mass is 16.5. The quantitative estimate of drug-likeness (QED) is 0.332. The fraction of sp³-hybridized carbons (Fsp3) is 0.733. The molecule has 0 unspecified atom stereocenters. The smallest absolute Gasteiger partial charge is 0.345 e. The van der Waals surface area contributed by atoms with Crippen molar-refractivity contribution in [3.05, 3.63) is 11.1 Å². The third-order valence-electron chi connectivity index (χ3n) is 5.09. The van der Waals surface area contributed by atoms with Crippen LogP contribution in [-0.4, -0.2) is 26.2 Å². The van der Waals surface area contributed by atoms with Gasteiger partial charge in [-0.15, -0.1) is 0 Å². The Morgan fingerprint density at radius 3 is 1.63 bits per heavy atom. The molecule has 4 aliphatic rings. The number of carbonyl (C=O) groups is 2. The average molecular weight is 264 g/mol. The molecule has 0 heterocycles. The van der Waals surface area contributed by atoms with Gasteiger partial charge in [0.1, 0.15) is 5.57 Å². The standard InChI is InChI=1S/C15H20O4/c1-18-14(16)13(15(17)19-2)12-10-4-8-3-9(6-10)7-11(12)5-8/h8-11H,3-7H2,1-2H3. The molecule has 0 N–H and O–H groups in total. The van der Waals surface area contributed by atoms with E-state index in [2.05, 4.69) is 0 Å². The summed E-state index contributed by atoms with van der Waals surface area (Å²) in [6.07, 6.45) is 5.84. The largest absolute Gasteiger partial charge is 0.465 e. The first kappa shape index (κ1) is 12.7. The molecule has 0 atom stereocenters. The van der Waals surface area contributed by atoms with Crippen molar-refractivity contribution in [2.45, 2.75) is 32.1 Å². The van der Waals surface area contributed by atoms with E-state index in [9.17, 15) is 9.59 Å². The second-order valence-electron chi connectivity index (χ2n) is 6.12. The lowest BCUT2D eigenvalue weighted by atomic mass is 9.53. The van der Waals surface area contributed by atoms with E-state index in [-0.39, 0.29) is 5.57 Å². The highest BCUT2D eigenvalue weighted by molar-refractivity contribution is 6.14. The van der Waals surface area contributed by atoms with Crippen molar-refractivity contribution >= 4 is 11.9 Å². The van der Waals surface area contributed by atoms with Crippen LogP contribution in [0.25, 0.3) is 0 Å². The van der Waals surface area contributed by atoms with Crippen LogP contribution in [0.1, 0.15) is 32.1 Å². The van der Waals surface area contributed by atoms with E-state index in [1.807, 2.05) is 0 Å². The number of methoxy groups -OCH3 is 2. The Morgan fingerprint density at radius 1 is 0.842 bits per heavy atom. The first-order valence-electron chi connectivity index (χ1n) is 7.04. The van der Waals surface area contributed by atoms with Crippen LogP contribution in [0.4, 0.5) is 0 Å². The summed E-state index contributed by atoms with van der Waals surface area (Å²) in [6, 6.07) is 0. The summed E-state index contributed by atoms with van der Waals surface area (Å²) >= 11 is 0. The highest BCUT2D eigenvalue weighted by Gasteiger charge is 2.48. The Balaban J connectivity index is 2.02. The molecule has 0 aromatic carbocycles. The Labute approximate surface area is 113 Å². The molecule has 4 bridgehead atoms. The molecule has 19 heavy (non-hydrogen) atoms. The Bertz CT molecular complexity index is 401. The Kier molecular flexibility index (Phi) is 3.11. The maximum atomic E-state index is 12.0. The molecular formula is C15H20O4. The van der Waals surface area contributed by atoms with E-state index in [0.29, 0.717) is 11.8 Å². The third kappa shape index (κ3) is 1.97. The summed E-state index contributed by atoms with van der Waals surface area (Å²) in [5, 5.41) is 0. The monoisotopic (exact) mass is 264 g/mol. The molecule has 4 saturated carbocycles. The van der Waals surface area contributed by atoms with Crippen LogP contribution in [0, 0.1) is 23.7 Å². The number of carbonyl (C=O) groups excluding carboxylic acids is 2. The number of allylic oxidation sites excluding steroid dienone is 1. The molecule has 4 nitrogen and oxygen atoms in total. The summed E-state index contributed by atoms with van der Waals surface area (Å²) in [7, 11) is 2.64. The average Bonchev–Trinajstić information content (AvgIpc) is 2.40. The van der Waals surface area contributed by atoms with E-state index in [1.165, 1.54) is 20.6 Å². The van der Waals surface area contributed by atoms with Gasteiger partial charge < -0.3 is 9.47 Å². The fourth-order valence-corrected chi connectivity index (χ4v) is 4.62. The van der Waals surface area contributed by atoms with Crippen molar-refractivity contribution in [1.29, 1.82) is 0 Å². The Morgan fingerprint density at radius 2 is 1.26 bits per heavy atom. The zero-order chi connectivity index (χ0) is 13.6. The fourth-order valence-electron chi connectivity index (χ4n) is 4.62. The molecule has 4 heteroatoms. The Hall–Kier alpha value is -1.32. The first-order chi connectivity index (χ1) is 9.13. The summed E-state index contributed by atoms with van der Waals surface area (Å²) in [5.41, 5.74) is 1.21. The van der Waals surface area contributed by atoms with E-state index >= 15 is 0 Å². The number of esters is 2. The molecular weight excluding hydrogens is 244 g/mol. The van der Waals surface area contributed by atoms with Crippen molar-refractivity contribution in [3.8, 4) is 0 Å². The van der Waals surface area contributed by atoms with Crippen molar-refractivity contribution in [2.24, 2.45) is 23.7 Å². The van der Waals surface area contributed by atoms with Gasteiger partial charge in [-0.05, 0) is 61.3 Å². The van der Waals surface area contributed by atoms with Gasteiger partial charge in [-0.3, -0.25) is 0 Å². The molecule has 0 amide bonds. The van der Waals surface area contributed by atoms with E-state index < -0.39 is 11.9 Å². The van der Waals surface area contributed by atoms with Gasteiger partial charge >= 0.3 is 11.9 Å². The maximum Gasteiger partial charge on any atom is 0.345 e. The van der Waals surface area contributed by atoms with Crippen molar-refractivity contribution < 1.29 is 19.1 Å². The zero-order valence-corrected chi connectivity index (χ0v) is 11.5. The normalized spacial score (nSPS) is 35.2. The number of ether oxygens (including phenoxy) is 2. The first-order valence-corrected chi connectivity index (χ1v) is 7.04. The minimum absolute atomic E-state index is 0.179. The van der Waals surface area contributed by atoms with Gasteiger partial charge in [-0.2, -0.15) is 0 Å². The molecule has 0 aromatic rings. The summed E-state index contributed by atoms with van der Waals surface area (Å²) < 4.78 is 9.59. The minimum Gasteiger partial charge on any atom is -0.465 e. The SMILES string of the molecule is COC(=O)C(C(=O)OC)=C1C2CC3CC(C2)CC1C3. The highest BCUT2D eigenvalue weighted by Crippen LogP contribution is 2.57. The molecule has 4 aliphatic carbocycles. The second-order valence-corrected chi connectivity index (χ2v) is 6.12. The maximum absolute atomic E-state index is 12.0. The number of hydrogen-bond acceptors (Lipinski definition) is 4. The van der Waals surface area contributed by atoms with Gasteiger partial charge in [0, 0.05) is 0 Å². The number of rotatable bonds is 2. The number of hydrogen-bond donors (Lipinski definition) is 0. The van der Waals surface area contributed by atoms with Crippen molar-refractivity contribution in [2.75, 3.05) is 14.2 Å². The lowest BCUT2D eigenvalue weighted by Gasteiger charge is -2.51. The lowest BCUT2D eigenvalue weighted by Crippen LogP contribution is -2.42. The summed E-state index contributed by atoms with van der Waals surface area (Å²) in [6.45, 7) is 0. The molecule has 0 aliphatic heterocycles. The van der Waals surface area contributed by atoms with Crippen LogP contribution in [-0.2, 0) is 19.1 Å². The van der Waals surface area contributed by atoms with E-state index in [0.717, 1.165) is 43.1 Å². The van der Waals surface area contributed by atoms with Crippen LogP contribution in [0.2, 0.25) is 0 Å². The summed E-state index contributed by atoms with van der Waals surface area (Å²) in [4.78, 5) is 23.9. The predicted octanol–water partition coefficient (Wildman–Crippen LogP) is 2.09. The van der Waals surface area contributed by atoms with Gasteiger partial charge in [0.25, 0.3) is 0 Å². The minimum atomic E-state index is -0.533. The van der Waals surface area contributed by atoms with Gasteiger partial charge in [-0.25, -0.2) is 9.59 Å². The van der Waals surface area contributed by atoms with E-state index in [4.69, 9.17) is 9.47 Å². The zero-order valence-electron chi connectivity index (χ0n) is 11.5. The molecule has 4 fully saturated rings. The van der Waals surface area contributed by atoms with Gasteiger partial charge in [0.05, 0.1) is 14.2 Å². The van der Waals surface area contributed by atoms with Crippen LogP contribution in [0.5, 0.6) is 0 Å². The van der Waals surface area contributed by atoms with Crippen LogP contribution in [0.15, 0.2) is 11.1 Å². The molecule has 0 radical (unpaired) electrons. The predicted molar refractivity (Wildman–Crippen MR) is 68.1 cm³/mol. The van der Waals surface area contributed by atoms with Crippen LogP contribution in [0.3, 0.4) is 0 Å². The van der Waals surface area contributed by atoms with Crippen molar-refractivity contribution in [3.63, 3.8) is 0 Å². The molecule has 0 saturated heterocycles. The van der Waals surface area contributed by atoms with Crippen molar-refractivity contribution in [1.82, 2.24) is 0 Å². The summed E-state index contributed by atoms with van der Waals surface area (Å²) in [5.74, 6) is 1.31. The lowest BCUT2D eigenvalue weighted by molar-refractivity contribution is -0.144. The van der Waals surface area contributed by atoms with E-state index in [1.54, 1.807) is 0 Å².